The highest BCUT2D eigenvalue weighted by Crippen LogP contribution is 2.58. The Balaban J connectivity index is 1.81. The summed E-state index contributed by atoms with van der Waals surface area (Å²) in [5.74, 6) is 0.235. The standard InChI is InChI=1S/C12H22N2O3/c1-17-8-9(7-15)14-11(16)10-6-12(10)2-4-13-5-3-12/h9-10,13,15H,2-8H2,1H3,(H,14,16). The highest BCUT2D eigenvalue weighted by atomic mass is 16.5. The summed E-state index contributed by atoms with van der Waals surface area (Å²) in [5, 5.41) is 15.3. The van der Waals surface area contributed by atoms with Gasteiger partial charge in [0.15, 0.2) is 0 Å². The molecule has 1 saturated carbocycles. The van der Waals surface area contributed by atoms with Crippen molar-refractivity contribution in [1.82, 2.24) is 10.6 Å². The summed E-state index contributed by atoms with van der Waals surface area (Å²) in [4.78, 5) is 12.0. The van der Waals surface area contributed by atoms with Crippen LogP contribution in [-0.4, -0.2) is 50.5 Å². The first-order valence-corrected chi connectivity index (χ1v) is 6.33. The molecule has 0 aromatic rings. The van der Waals surface area contributed by atoms with Crippen molar-refractivity contribution < 1.29 is 14.6 Å². The summed E-state index contributed by atoms with van der Waals surface area (Å²) < 4.78 is 4.95. The van der Waals surface area contributed by atoms with Gasteiger partial charge in [-0.2, -0.15) is 0 Å². The molecule has 3 N–H and O–H groups in total. The highest BCUT2D eigenvalue weighted by Gasteiger charge is 2.57. The number of rotatable bonds is 5. The van der Waals surface area contributed by atoms with Crippen LogP contribution in [0.2, 0.25) is 0 Å². The molecule has 98 valence electrons. The van der Waals surface area contributed by atoms with Crippen LogP contribution in [0, 0.1) is 11.3 Å². The van der Waals surface area contributed by atoms with Gasteiger partial charge < -0.3 is 20.5 Å². The molecule has 2 aliphatic rings. The lowest BCUT2D eigenvalue weighted by Gasteiger charge is -2.24. The summed E-state index contributed by atoms with van der Waals surface area (Å²) in [6.07, 6.45) is 3.20. The van der Waals surface area contributed by atoms with E-state index in [9.17, 15) is 4.79 Å². The minimum atomic E-state index is -0.271. The van der Waals surface area contributed by atoms with E-state index < -0.39 is 0 Å². The Morgan fingerprint density at radius 1 is 1.59 bits per heavy atom. The third kappa shape index (κ3) is 2.78. The van der Waals surface area contributed by atoms with E-state index in [1.165, 1.54) is 0 Å². The third-order valence-corrected chi connectivity index (χ3v) is 4.04. The highest BCUT2D eigenvalue weighted by molar-refractivity contribution is 5.82. The van der Waals surface area contributed by atoms with Gasteiger partial charge in [0.25, 0.3) is 0 Å². The van der Waals surface area contributed by atoms with Gasteiger partial charge in [-0.25, -0.2) is 0 Å². The van der Waals surface area contributed by atoms with Crippen molar-refractivity contribution in [3.8, 4) is 0 Å². The molecule has 5 heteroatoms. The van der Waals surface area contributed by atoms with Gasteiger partial charge in [-0.15, -0.1) is 0 Å². The maximum absolute atomic E-state index is 12.0. The molecule has 1 saturated heterocycles. The molecule has 0 aromatic carbocycles. The molecule has 1 spiro atoms. The molecule has 0 aromatic heterocycles. The fourth-order valence-electron chi connectivity index (χ4n) is 2.84. The van der Waals surface area contributed by atoms with Gasteiger partial charge in [-0.3, -0.25) is 4.79 Å². The fraction of sp³-hybridized carbons (Fsp3) is 0.917. The van der Waals surface area contributed by atoms with Gasteiger partial charge in [0.05, 0.1) is 19.3 Å². The molecule has 2 unspecified atom stereocenters. The van der Waals surface area contributed by atoms with Crippen LogP contribution in [0.1, 0.15) is 19.3 Å². The predicted molar refractivity (Wildman–Crippen MR) is 63.5 cm³/mol. The number of nitrogens with one attached hydrogen (secondary N) is 2. The second-order valence-corrected chi connectivity index (χ2v) is 5.21. The Morgan fingerprint density at radius 3 is 2.88 bits per heavy atom. The molecule has 2 rings (SSSR count). The van der Waals surface area contributed by atoms with Crippen molar-refractivity contribution in [3.63, 3.8) is 0 Å². The zero-order valence-electron chi connectivity index (χ0n) is 10.4. The minimum absolute atomic E-state index is 0.0686. The van der Waals surface area contributed by atoms with Crippen LogP contribution in [0.4, 0.5) is 0 Å². The molecule has 1 aliphatic carbocycles. The summed E-state index contributed by atoms with van der Waals surface area (Å²) in [6.45, 7) is 2.33. The fourth-order valence-corrected chi connectivity index (χ4v) is 2.84. The van der Waals surface area contributed by atoms with Crippen molar-refractivity contribution in [2.24, 2.45) is 11.3 Å². The molecule has 17 heavy (non-hydrogen) atoms. The molecular weight excluding hydrogens is 220 g/mol. The number of hydrogen-bond donors (Lipinski definition) is 3. The van der Waals surface area contributed by atoms with Gasteiger partial charge in [0.1, 0.15) is 0 Å². The normalized spacial score (nSPS) is 27.8. The van der Waals surface area contributed by atoms with E-state index in [1.54, 1.807) is 7.11 Å². The SMILES string of the molecule is COCC(CO)NC(=O)C1CC12CCNCC2. The van der Waals surface area contributed by atoms with E-state index in [0.717, 1.165) is 32.4 Å². The summed E-state index contributed by atoms with van der Waals surface area (Å²) in [6, 6.07) is -0.271. The summed E-state index contributed by atoms with van der Waals surface area (Å²) >= 11 is 0. The Labute approximate surface area is 102 Å². The van der Waals surface area contributed by atoms with Crippen LogP contribution in [0.5, 0.6) is 0 Å². The van der Waals surface area contributed by atoms with Gasteiger partial charge in [-0.05, 0) is 37.8 Å². The van der Waals surface area contributed by atoms with Crippen LogP contribution in [0.15, 0.2) is 0 Å². The number of hydrogen-bond acceptors (Lipinski definition) is 4. The smallest absolute Gasteiger partial charge is 0.224 e. The maximum atomic E-state index is 12.0. The molecule has 1 aliphatic heterocycles. The first-order chi connectivity index (χ1) is 8.22. The minimum Gasteiger partial charge on any atom is -0.394 e. The van der Waals surface area contributed by atoms with Crippen molar-refractivity contribution in [2.75, 3.05) is 33.4 Å². The quantitative estimate of drug-likeness (QED) is 0.608. The average Bonchev–Trinajstić information content (AvgIpc) is 3.03. The van der Waals surface area contributed by atoms with Crippen LogP contribution in [-0.2, 0) is 9.53 Å². The van der Waals surface area contributed by atoms with Crippen molar-refractivity contribution in [3.05, 3.63) is 0 Å². The lowest BCUT2D eigenvalue weighted by molar-refractivity contribution is -0.124. The maximum Gasteiger partial charge on any atom is 0.224 e. The Morgan fingerprint density at radius 2 is 2.29 bits per heavy atom. The van der Waals surface area contributed by atoms with E-state index >= 15 is 0 Å². The monoisotopic (exact) mass is 242 g/mol. The molecule has 0 radical (unpaired) electrons. The topological polar surface area (TPSA) is 70.6 Å². The number of carbonyl (C=O) groups excluding carboxylic acids is 1. The third-order valence-electron chi connectivity index (χ3n) is 4.04. The van der Waals surface area contributed by atoms with Gasteiger partial charge >= 0.3 is 0 Å². The van der Waals surface area contributed by atoms with E-state index in [-0.39, 0.29) is 29.9 Å². The zero-order valence-corrected chi connectivity index (χ0v) is 10.4. The lowest BCUT2D eigenvalue weighted by atomic mass is 9.91. The summed E-state index contributed by atoms with van der Waals surface area (Å²) in [7, 11) is 1.57. The number of methoxy groups -OCH3 is 1. The Kier molecular flexibility index (Phi) is 4.01. The number of aliphatic hydroxyl groups is 1. The van der Waals surface area contributed by atoms with Gasteiger partial charge in [0, 0.05) is 13.0 Å². The largest absolute Gasteiger partial charge is 0.394 e. The van der Waals surface area contributed by atoms with Crippen molar-refractivity contribution in [2.45, 2.75) is 25.3 Å². The first-order valence-electron chi connectivity index (χ1n) is 6.33. The van der Waals surface area contributed by atoms with E-state index in [0.29, 0.717) is 6.61 Å². The summed E-state index contributed by atoms with van der Waals surface area (Å²) in [5.41, 5.74) is 0.252. The molecular formula is C12H22N2O3. The first kappa shape index (κ1) is 12.8. The van der Waals surface area contributed by atoms with Crippen molar-refractivity contribution in [1.29, 1.82) is 0 Å². The second-order valence-electron chi connectivity index (χ2n) is 5.21. The van der Waals surface area contributed by atoms with Crippen molar-refractivity contribution >= 4 is 5.91 Å². The number of amides is 1. The Hall–Kier alpha value is -0.650. The van der Waals surface area contributed by atoms with Gasteiger partial charge in [-0.1, -0.05) is 0 Å². The van der Waals surface area contributed by atoms with E-state index in [2.05, 4.69) is 10.6 Å². The van der Waals surface area contributed by atoms with Crippen LogP contribution in [0.3, 0.4) is 0 Å². The second kappa shape index (κ2) is 5.33. The number of aliphatic hydroxyl groups excluding tert-OH is 1. The van der Waals surface area contributed by atoms with E-state index in [4.69, 9.17) is 9.84 Å². The number of piperidine rings is 1. The van der Waals surface area contributed by atoms with Crippen LogP contribution < -0.4 is 10.6 Å². The lowest BCUT2D eigenvalue weighted by Crippen LogP contribution is -2.42. The zero-order chi connectivity index (χ0) is 12.3. The predicted octanol–water partition coefficient (Wildman–Crippen LogP) is -0.500. The molecule has 0 bridgehead atoms. The van der Waals surface area contributed by atoms with Crippen LogP contribution >= 0.6 is 0 Å². The molecule has 1 amide bonds. The van der Waals surface area contributed by atoms with Gasteiger partial charge in [0.2, 0.25) is 5.91 Å². The Bertz CT molecular complexity index is 277. The molecule has 2 atom stereocenters. The van der Waals surface area contributed by atoms with Crippen LogP contribution in [0.25, 0.3) is 0 Å². The van der Waals surface area contributed by atoms with E-state index in [1.807, 2.05) is 0 Å². The average molecular weight is 242 g/mol. The molecule has 5 nitrogen and oxygen atoms in total. The number of carbonyl (C=O) groups is 1. The molecule has 2 fully saturated rings. The molecule has 1 heterocycles. The number of ether oxygens (including phenoxy) is 1.